The second-order valence-electron chi connectivity index (χ2n) is 4.67. The number of benzene rings is 2. The molecule has 4 nitrogen and oxygen atoms in total. The number of rotatable bonds is 5. The number of methoxy groups -OCH3 is 1. The largest absolute Gasteiger partial charge is 0.493 e. The average Bonchev–Trinajstić information content (AvgIpc) is 3.02. The van der Waals surface area contributed by atoms with Gasteiger partial charge in [-0.15, -0.1) is 12.4 Å². The van der Waals surface area contributed by atoms with Gasteiger partial charge in [-0.05, 0) is 24.3 Å². The topological polar surface area (TPSA) is 47.1 Å². The maximum Gasteiger partial charge on any atom is 0.161 e. The van der Waals surface area contributed by atoms with Gasteiger partial charge in [0.15, 0.2) is 11.5 Å². The number of aromatic nitrogens is 2. The lowest BCUT2D eigenvalue weighted by Gasteiger charge is -2.10. The van der Waals surface area contributed by atoms with Crippen LogP contribution in [0.25, 0.3) is 11.3 Å². The van der Waals surface area contributed by atoms with Crippen molar-refractivity contribution in [1.82, 2.24) is 9.97 Å². The summed E-state index contributed by atoms with van der Waals surface area (Å²) in [6, 6.07) is 15.1. The summed E-state index contributed by atoms with van der Waals surface area (Å²) in [5.74, 6) is 1.39. The van der Waals surface area contributed by atoms with Crippen molar-refractivity contribution in [2.24, 2.45) is 0 Å². The van der Waals surface area contributed by atoms with Gasteiger partial charge in [0.2, 0.25) is 0 Å². The highest BCUT2D eigenvalue weighted by Gasteiger charge is 2.10. The Hall–Kier alpha value is -2.17. The molecule has 0 fully saturated rings. The zero-order chi connectivity index (χ0) is 15.4. The third kappa shape index (κ3) is 3.97. The Morgan fingerprint density at radius 1 is 1.04 bits per heavy atom. The van der Waals surface area contributed by atoms with Gasteiger partial charge in [0, 0.05) is 10.6 Å². The van der Waals surface area contributed by atoms with E-state index in [0.29, 0.717) is 23.1 Å². The van der Waals surface area contributed by atoms with Crippen LogP contribution in [0.1, 0.15) is 5.69 Å². The van der Waals surface area contributed by atoms with Gasteiger partial charge in [0.1, 0.15) is 12.3 Å². The van der Waals surface area contributed by atoms with E-state index in [1.54, 1.807) is 13.4 Å². The van der Waals surface area contributed by atoms with Gasteiger partial charge < -0.3 is 14.5 Å². The van der Waals surface area contributed by atoms with E-state index >= 15 is 0 Å². The number of hydrogen-bond acceptors (Lipinski definition) is 3. The lowest BCUT2D eigenvalue weighted by molar-refractivity contribution is 0.281. The van der Waals surface area contributed by atoms with Crippen molar-refractivity contribution >= 4 is 24.0 Å². The first-order valence-corrected chi connectivity index (χ1v) is 7.19. The molecule has 0 bridgehead atoms. The van der Waals surface area contributed by atoms with E-state index < -0.39 is 0 Å². The maximum absolute atomic E-state index is 5.92. The standard InChI is InChI=1S/C17H15ClN2O2.ClH/c1-21-15-4-2-3-5-16(15)22-10-14-17(20-11-19-14)12-6-8-13(18)9-7-12;/h2-9,11H,10H2,1H3,(H,19,20);1H. The Morgan fingerprint density at radius 3 is 2.43 bits per heavy atom. The van der Waals surface area contributed by atoms with Crippen molar-refractivity contribution in [3.63, 3.8) is 0 Å². The first kappa shape index (κ1) is 17.2. The molecule has 120 valence electrons. The van der Waals surface area contributed by atoms with Crippen LogP contribution < -0.4 is 9.47 Å². The molecule has 0 aliphatic heterocycles. The molecule has 3 aromatic rings. The Kier molecular flexibility index (Phi) is 5.90. The van der Waals surface area contributed by atoms with Crippen molar-refractivity contribution in [3.05, 3.63) is 65.6 Å². The molecule has 0 saturated carbocycles. The molecular weight excluding hydrogens is 335 g/mol. The number of para-hydroxylation sites is 2. The van der Waals surface area contributed by atoms with Crippen LogP contribution in [-0.4, -0.2) is 17.1 Å². The van der Waals surface area contributed by atoms with Crippen LogP contribution in [-0.2, 0) is 6.61 Å². The number of hydrogen-bond donors (Lipinski definition) is 1. The van der Waals surface area contributed by atoms with Crippen molar-refractivity contribution < 1.29 is 9.47 Å². The quantitative estimate of drug-likeness (QED) is 0.722. The molecular formula is C17H16Cl2N2O2. The van der Waals surface area contributed by atoms with Crippen LogP contribution in [0, 0.1) is 0 Å². The number of ether oxygens (including phenoxy) is 2. The normalized spacial score (nSPS) is 10.0. The van der Waals surface area contributed by atoms with Crippen LogP contribution in [0.15, 0.2) is 54.9 Å². The minimum absolute atomic E-state index is 0. The number of H-pyrrole nitrogens is 1. The lowest BCUT2D eigenvalue weighted by atomic mass is 10.1. The van der Waals surface area contributed by atoms with Crippen molar-refractivity contribution in [1.29, 1.82) is 0 Å². The highest BCUT2D eigenvalue weighted by molar-refractivity contribution is 6.30. The smallest absolute Gasteiger partial charge is 0.161 e. The number of imidazole rings is 1. The fraction of sp³-hybridized carbons (Fsp3) is 0.118. The second-order valence-corrected chi connectivity index (χ2v) is 5.11. The summed E-state index contributed by atoms with van der Waals surface area (Å²) < 4.78 is 11.1. The zero-order valence-electron chi connectivity index (χ0n) is 12.5. The van der Waals surface area contributed by atoms with Crippen molar-refractivity contribution in [3.8, 4) is 22.8 Å². The van der Waals surface area contributed by atoms with Crippen molar-refractivity contribution in [2.75, 3.05) is 7.11 Å². The molecule has 1 heterocycles. The first-order chi connectivity index (χ1) is 10.8. The summed E-state index contributed by atoms with van der Waals surface area (Å²) in [7, 11) is 1.62. The summed E-state index contributed by atoms with van der Waals surface area (Å²) >= 11 is 5.92. The molecule has 3 rings (SSSR count). The van der Waals surface area contributed by atoms with Crippen LogP contribution in [0.2, 0.25) is 5.02 Å². The minimum atomic E-state index is 0. The molecule has 1 N–H and O–H groups in total. The second kappa shape index (κ2) is 7.90. The number of nitrogens with zero attached hydrogens (tertiary/aromatic N) is 1. The third-order valence-corrected chi connectivity index (χ3v) is 3.54. The number of aromatic amines is 1. The Labute approximate surface area is 145 Å². The van der Waals surface area contributed by atoms with E-state index in [1.165, 1.54) is 0 Å². The molecule has 0 unspecified atom stereocenters. The van der Waals surface area contributed by atoms with Crippen LogP contribution in [0.5, 0.6) is 11.5 Å². The first-order valence-electron chi connectivity index (χ1n) is 6.82. The third-order valence-electron chi connectivity index (χ3n) is 3.28. The highest BCUT2D eigenvalue weighted by Crippen LogP contribution is 2.28. The molecule has 0 aliphatic rings. The fourth-order valence-electron chi connectivity index (χ4n) is 2.18. The Bertz CT molecular complexity index is 757. The molecule has 0 spiro atoms. The summed E-state index contributed by atoms with van der Waals surface area (Å²) in [6.07, 6.45) is 1.66. The molecule has 0 amide bonds. The minimum Gasteiger partial charge on any atom is -0.493 e. The van der Waals surface area contributed by atoms with E-state index in [0.717, 1.165) is 17.0 Å². The predicted molar refractivity (Wildman–Crippen MR) is 93.6 cm³/mol. The highest BCUT2D eigenvalue weighted by atomic mass is 35.5. The van der Waals surface area contributed by atoms with Crippen LogP contribution in [0.4, 0.5) is 0 Å². The fourth-order valence-corrected chi connectivity index (χ4v) is 2.31. The molecule has 0 aliphatic carbocycles. The lowest BCUT2D eigenvalue weighted by Crippen LogP contribution is -1.99. The van der Waals surface area contributed by atoms with E-state index in [4.69, 9.17) is 21.1 Å². The molecule has 0 atom stereocenters. The van der Waals surface area contributed by atoms with Gasteiger partial charge in [0.25, 0.3) is 0 Å². The van der Waals surface area contributed by atoms with Crippen molar-refractivity contribution in [2.45, 2.75) is 6.61 Å². The monoisotopic (exact) mass is 350 g/mol. The van der Waals surface area contributed by atoms with E-state index in [9.17, 15) is 0 Å². The molecule has 1 aromatic heterocycles. The number of nitrogens with one attached hydrogen (secondary N) is 1. The van der Waals surface area contributed by atoms with Gasteiger partial charge in [0.05, 0.1) is 19.1 Å². The van der Waals surface area contributed by atoms with Gasteiger partial charge in [-0.3, -0.25) is 0 Å². The zero-order valence-corrected chi connectivity index (χ0v) is 14.0. The predicted octanol–water partition coefficient (Wildman–Crippen LogP) is 4.74. The molecule has 2 aromatic carbocycles. The molecule has 0 radical (unpaired) electrons. The van der Waals surface area contributed by atoms with Gasteiger partial charge in [-0.25, -0.2) is 4.98 Å². The average molecular weight is 351 g/mol. The van der Waals surface area contributed by atoms with Gasteiger partial charge >= 0.3 is 0 Å². The maximum atomic E-state index is 5.92. The van der Waals surface area contributed by atoms with Gasteiger partial charge in [-0.2, -0.15) is 0 Å². The summed E-state index contributed by atoms with van der Waals surface area (Å²) in [5, 5.41) is 0.704. The van der Waals surface area contributed by atoms with E-state index in [-0.39, 0.29) is 12.4 Å². The SMILES string of the molecule is COc1ccccc1OCc1nc[nH]c1-c1ccc(Cl)cc1.Cl. The van der Waals surface area contributed by atoms with E-state index in [1.807, 2.05) is 48.5 Å². The van der Waals surface area contributed by atoms with Gasteiger partial charge in [-0.1, -0.05) is 35.9 Å². The summed E-state index contributed by atoms with van der Waals surface area (Å²) in [4.78, 5) is 7.47. The molecule has 6 heteroatoms. The van der Waals surface area contributed by atoms with Crippen LogP contribution in [0.3, 0.4) is 0 Å². The molecule has 23 heavy (non-hydrogen) atoms. The molecule has 0 saturated heterocycles. The van der Waals surface area contributed by atoms with E-state index in [2.05, 4.69) is 9.97 Å². The summed E-state index contributed by atoms with van der Waals surface area (Å²) in [5.41, 5.74) is 2.76. The Balaban J connectivity index is 0.00000192. The summed E-state index contributed by atoms with van der Waals surface area (Å²) in [6.45, 7) is 0.349. The van der Waals surface area contributed by atoms with Crippen LogP contribution >= 0.6 is 24.0 Å². The number of halogens is 2. The Morgan fingerprint density at radius 2 is 1.74 bits per heavy atom.